The number of morpholine rings is 1. The van der Waals surface area contributed by atoms with E-state index in [0.29, 0.717) is 66.6 Å². The van der Waals surface area contributed by atoms with E-state index in [1.54, 1.807) is 29.6 Å². The van der Waals surface area contributed by atoms with Crippen molar-refractivity contribution in [1.29, 1.82) is 0 Å². The second-order valence-electron chi connectivity index (χ2n) is 9.98. The molecule has 0 N–H and O–H groups in total. The molecule has 0 saturated carbocycles. The van der Waals surface area contributed by atoms with Crippen LogP contribution in [0.15, 0.2) is 60.8 Å². The van der Waals surface area contributed by atoms with Crippen molar-refractivity contribution in [2.45, 2.75) is 31.5 Å². The SMILES string of the molecule is COC(=O)C(C)(Cc1cccc(F)c1)c1ccnc2c(-c3ccc(C(F)(F)F)cc3)c(CN3CCOCC3)nn12. The topological polar surface area (TPSA) is 69.0 Å². The van der Waals surface area contributed by atoms with Crippen molar-refractivity contribution in [1.82, 2.24) is 19.5 Å². The maximum Gasteiger partial charge on any atom is 0.416 e. The number of aromatic nitrogens is 3. The highest BCUT2D eigenvalue weighted by Gasteiger charge is 2.40. The summed E-state index contributed by atoms with van der Waals surface area (Å²) in [4.78, 5) is 20.0. The number of hydrogen-bond acceptors (Lipinski definition) is 6. The van der Waals surface area contributed by atoms with Crippen LogP contribution in [0.4, 0.5) is 17.6 Å². The lowest BCUT2D eigenvalue weighted by Gasteiger charge is -2.27. The molecule has 0 radical (unpaired) electrons. The van der Waals surface area contributed by atoms with Crippen molar-refractivity contribution in [3.8, 4) is 11.1 Å². The van der Waals surface area contributed by atoms with E-state index in [1.807, 2.05) is 0 Å². The van der Waals surface area contributed by atoms with Crippen LogP contribution in [0, 0.1) is 5.82 Å². The third-order valence-corrected chi connectivity index (χ3v) is 7.22. The molecule has 0 aliphatic carbocycles. The number of carbonyl (C=O) groups excluding carboxylic acids is 1. The Morgan fingerprint density at radius 1 is 1.07 bits per heavy atom. The smallest absolute Gasteiger partial charge is 0.416 e. The van der Waals surface area contributed by atoms with Crippen LogP contribution in [0.5, 0.6) is 0 Å². The first kappa shape index (κ1) is 27.7. The molecule has 1 unspecified atom stereocenters. The summed E-state index contributed by atoms with van der Waals surface area (Å²) in [7, 11) is 1.28. The van der Waals surface area contributed by atoms with E-state index in [2.05, 4.69) is 9.88 Å². The van der Waals surface area contributed by atoms with Crippen LogP contribution in [0.25, 0.3) is 16.8 Å². The fraction of sp³-hybridized carbons (Fsp3) is 0.345. The molecule has 0 bridgehead atoms. The van der Waals surface area contributed by atoms with Crippen LogP contribution in [-0.2, 0) is 38.8 Å². The first-order chi connectivity index (χ1) is 19.1. The zero-order valence-corrected chi connectivity index (χ0v) is 22.0. The highest BCUT2D eigenvalue weighted by atomic mass is 19.4. The average molecular weight is 557 g/mol. The van der Waals surface area contributed by atoms with E-state index in [4.69, 9.17) is 14.6 Å². The summed E-state index contributed by atoms with van der Waals surface area (Å²) < 4.78 is 66.1. The van der Waals surface area contributed by atoms with Gasteiger partial charge in [-0.15, -0.1) is 0 Å². The summed E-state index contributed by atoms with van der Waals surface area (Å²) in [6, 6.07) is 12.5. The fourth-order valence-electron chi connectivity index (χ4n) is 5.16. The lowest BCUT2D eigenvalue weighted by Crippen LogP contribution is -2.38. The molecule has 5 rings (SSSR count). The summed E-state index contributed by atoms with van der Waals surface area (Å²) in [6.07, 6.45) is -2.82. The Morgan fingerprint density at radius 2 is 1.80 bits per heavy atom. The molecule has 1 saturated heterocycles. The van der Waals surface area contributed by atoms with Crippen molar-refractivity contribution in [3.05, 3.63) is 89.1 Å². The van der Waals surface area contributed by atoms with Gasteiger partial charge in [-0.05, 0) is 54.8 Å². The van der Waals surface area contributed by atoms with Gasteiger partial charge in [-0.25, -0.2) is 13.9 Å². The molecule has 3 heterocycles. The van der Waals surface area contributed by atoms with Crippen LogP contribution >= 0.6 is 0 Å². The van der Waals surface area contributed by atoms with Gasteiger partial charge >= 0.3 is 12.1 Å². The molecule has 1 atom stereocenters. The molecule has 4 aromatic rings. The number of hydrogen-bond donors (Lipinski definition) is 0. The quantitative estimate of drug-likeness (QED) is 0.234. The molecule has 40 heavy (non-hydrogen) atoms. The van der Waals surface area contributed by atoms with E-state index in [1.165, 1.54) is 37.6 Å². The molecule has 2 aromatic carbocycles. The summed E-state index contributed by atoms with van der Waals surface area (Å²) in [5.74, 6) is -0.980. The van der Waals surface area contributed by atoms with Gasteiger partial charge in [-0.3, -0.25) is 9.69 Å². The number of methoxy groups -OCH3 is 1. The average Bonchev–Trinajstić information content (AvgIpc) is 3.30. The molecule has 2 aromatic heterocycles. The Hall–Kier alpha value is -3.83. The van der Waals surface area contributed by atoms with Gasteiger partial charge in [0.05, 0.1) is 42.8 Å². The van der Waals surface area contributed by atoms with E-state index >= 15 is 0 Å². The Balaban J connectivity index is 1.68. The van der Waals surface area contributed by atoms with Crippen molar-refractivity contribution in [2.24, 2.45) is 0 Å². The molecule has 1 aliphatic heterocycles. The van der Waals surface area contributed by atoms with Crippen LogP contribution < -0.4 is 0 Å². The van der Waals surface area contributed by atoms with Crippen LogP contribution in [0.2, 0.25) is 0 Å². The van der Waals surface area contributed by atoms with Crippen molar-refractivity contribution in [3.63, 3.8) is 0 Å². The number of halogens is 4. The van der Waals surface area contributed by atoms with E-state index in [9.17, 15) is 22.4 Å². The molecule has 1 fully saturated rings. The number of rotatable bonds is 7. The summed E-state index contributed by atoms with van der Waals surface area (Å²) >= 11 is 0. The predicted octanol–water partition coefficient (Wildman–Crippen LogP) is 5.06. The second-order valence-corrected chi connectivity index (χ2v) is 9.98. The highest BCUT2D eigenvalue weighted by molar-refractivity contribution is 5.84. The molecule has 210 valence electrons. The number of benzene rings is 2. The number of carbonyl (C=O) groups is 1. The van der Waals surface area contributed by atoms with Crippen molar-refractivity contribution >= 4 is 11.6 Å². The minimum absolute atomic E-state index is 0.116. The molecule has 7 nitrogen and oxygen atoms in total. The molecule has 11 heteroatoms. The molecular weight excluding hydrogens is 528 g/mol. The maximum absolute atomic E-state index is 14.0. The zero-order valence-electron chi connectivity index (χ0n) is 22.0. The van der Waals surface area contributed by atoms with E-state index in [0.717, 1.165) is 12.1 Å². The minimum atomic E-state index is -4.47. The third kappa shape index (κ3) is 5.44. The second kappa shape index (κ2) is 11.0. The van der Waals surface area contributed by atoms with Crippen LogP contribution in [0.1, 0.15) is 29.4 Å². The van der Waals surface area contributed by atoms with Crippen molar-refractivity contribution < 1.29 is 31.8 Å². The number of fused-ring (bicyclic) bond motifs is 1. The van der Waals surface area contributed by atoms with Gasteiger partial charge in [0.25, 0.3) is 0 Å². The molecular formula is C29H28F4N4O3. The lowest BCUT2D eigenvalue weighted by atomic mass is 9.80. The van der Waals surface area contributed by atoms with Gasteiger partial charge in [0.15, 0.2) is 5.65 Å². The summed E-state index contributed by atoms with van der Waals surface area (Å²) in [5, 5.41) is 4.86. The first-order valence-corrected chi connectivity index (χ1v) is 12.8. The number of esters is 1. The normalized spacial score (nSPS) is 16.1. The van der Waals surface area contributed by atoms with Gasteiger partial charge in [0, 0.05) is 25.8 Å². The number of ether oxygens (including phenoxy) is 2. The monoisotopic (exact) mass is 556 g/mol. The standard InChI is InChI=1S/C29H28F4N4O3/c1-28(27(38)39-2,17-19-4-3-5-22(30)16-19)24-10-11-34-26-25(20-6-8-21(9-7-20)29(31,32)33)23(35-37(24)26)18-36-12-14-40-15-13-36/h3-11,16H,12-15,17-18H2,1-2H3. The van der Waals surface area contributed by atoms with Gasteiger partial charge < -0.3 is 9.47 Å². The van der Waals surface area contributed by atoms with E-state index < -0.39 is 28.9 Å². The van der Waals surface area contributed by atoms with Gasteiger partial charge in [-0.1, -0.05) is 24.3 Å². The van der Waals surface area contributed by atoms with Crippen LogP contribution in [-0.4, -0.2) is 58.9 Å². The molecule has 1 aliphatic rings. The largest absolute Gasteiger partial charge is 0.468 e. The summed E-state index contributed by atoms with van der Waals surface area (Å²) in [5.41, 5.74) is 1.06. The first-order valence-electron chi connectivity index (χ1n) is 12.8. The summed E-state index contributed by atoms with van der Waals surface area (Å²) in [6.45, 7) is 4.54. The molecule has 0 amide bonds. The number of nitrogens with zero attached hydrogens (tertiary/aromatic N) is 4. The van der Waals surface area contributed by atoms with Gasteiger partial charge in [0.2, 0.25) is 0 Å². The van der Waals surface area contributed by atoms with Crippen LogP contribution in [0.3, 0.4) is 0 Å². The Morgan fingerprint density at radius 3 is 2.45 bits per heavy atom. The minimum Gasteiger partial charge on any atom is -0.468 e. The van der Waals surface area contributed by atoms with E-state index in [-0.39, 0.29) is 6.42 Å². The molecule has 0 spiro atoms. The van der Waals surface area contributed by atoms with Crippen molar-refractivity contribution in [2.75, 3.05) is 33.4 Å². The number of alkyl halides is 3. The zero-order chi connectivity index (χ0) is 28.5. The fourth-order valence-corrected chi connectivity index (χ4v) is 5.16. The lowest BCUT2D eigenvalue weighted by molar-refractivity contribution is -0.147. The Bertz CT molecular complexity index is 1510. The predicted molar refractivity (Wildman–Crippen MR) is 139 cm³/mol. The maximum atomic E-state index is 14.0. The highest BCUT2D eigenvalue weighted by Crippen LogP contribution is 2.36. The third-order valence-electron chi connectivity index (χ3n) is 7.22. The Labute approximate surface area is 228 Å². The Kier molecular flexibility index (Phi) is 7.61. The van der Waals surface area contributed by atoms with Gasteiger partial charge in [-0.2, -0.15) is 18.3 Å². The van der Waals surface area contributed by atoms with Gasteiger partial charge in [0.1, 0.15) is 11.2 Å².